The van der Waals surface area contributed by atoms with Gasteiger partial charge in [0.1, 0.15) is 6.10 Å². The number of hydrogen-bond acceptors (Lipinski definition) is 4. The number of aromatic nitrogens is 2. The highest BCUT2D eigenvalue weighted by Gasteiger charge is 2.43. The number of rotatable bonds is 2. The Morgan fingerprint density at radius 2 is 1.90 bits per heavy atom. The van der Waals surface area contributed by atoms with Crippen LogP contribution in [-0.4, -0.2) is 43.7 Å². The first-order valence-electron chi connectivity index (χ1n) is 6.43. The van der Waals surface area contributed by atoms with Gasteiger partial charge in [0.15, 0.2) is 4.73 Å². The first kappa shape index (κ1) is 15.5. The largest absolute Gasteiger partial charge is 0.396 e. The van der Waals surface area contributed by atoms with E-state index in [0.717, 1.165) is 0 Å². The molecule has 21 heavy (non-hydrogen) atoms. The molecule has 5 nitrogen and oxygen atoms in total. The highest BCUT2D eigenvalue weighted by molar-refractivity contribution is 9.10. The van der Waals surface area contributed by atoms with Crippen LogP contribution in [0.15, 0.2) is 16.9 Å². The van der Waals surface area contributed by atoms with Crippen LogP contribution in [0.4, 0.5) is 0 Å². The minimum Gasteiger partial charge on any atom is -0.396 e. The molecule has 3 rings (SSSR count). The maximum absolute atomic E-state index is 10.2. The van der Waals surface area contributed by atoms with Gasteiger partial charge >= 0.3 is 0 Å². The van der Waals surface area contributed by atoms with Crippen LogP contribution in [0.5, 0.6) is 0 Å². The van der Waals surface area contributed by atoms with Crippen LogP contribution in [0.1, 0.15) is 12.5 Å². The Labute approximate surface area is 139 Å². The lowest BCUT2D eigenvalue weighted by Crippen LogP contribution is -2.30. The van der Waals surface area contributed by atoms with Crippen LogP contribution in [0, 0.1) is 5.92 Å². The van der Waals surface area contributed by atoms with Crippen LogP contribution in [0.25, 0.3) is 11.0 Å². The van der Waals surface area contributed by atoms with Gasteiger partial charge in [0, 0.05) is 12.5 Å². The zero-order valence-corrected chi connectivity index (χ0v) is 13.8. The number of imidazole rings is 1. The molecule has 114 valence electrons. The fourth-order valence-electron chi connectivity index (χ4n) is 2.91. The van der Waals surface area contributed by atoms with E-state index in [-0.39, 0.29) is 12.5 Å². The molecule has 1 aliphatic carbocycles. The number of benzene rings is 1. The topological polar surface area (TPSA) is 78.5 Å². The van der Waals surface area contributed by atoms with Gasteiger partial charge in [0.05, 0.1) is 33.2 Å². The molecule has 3 N–H and O–H groups in total. The third-order valence-corrected chi connectivity index (χ3v) is 5.31. The molecule has 1 aliphatic rings. The lowest BCUT2D eigenvalue weighted by molar-refractivity contribution is -0.00386. The lowest BCUT2D eigenvalue weighted by atomic mass is 10.1. The van der Waals surface area contributed by atoms with Crippen LogP contribution in [-0.2, 0) is 0 Å². The Kier molecular flexibility index (Phi) is 4.20. The zero-order valence-electron chi connectivity index (χ0n) is 10.7. The fourth-order valence-corrected chi connectivity index (χ4v) is 3.87. The van der Waals surface area contributed by atoms with E-state index in [0.29, 0.717) is 32.2 Å². The van der Waals surface area contributed by atoms with Crippen LogP contribution in [0.2, 0.25) is 10.0 Å². The summed E-state index contributed by atoms with van der Waals surface area (Å²) in [5.41, 5.74) is 1.36. The van der Waals surface area contributed by atoms with Crippen molar-refractivity contribution in [3.63, 3.8) is 0 Å². The average Bonchev–Trinajstić information content (AvgIpc) is 2.89. The summed E-state index contributed by atoms with van der Waals surface area (Å²) >= 11 is 15.4. The first-order chi connectivity index (χ1) is 9.93. The molecule has 8 heteroatoms. The molecule has 4 atom stereocenters. The maximum Gasteiger partial charge on any atom is 0.178 e. The van der Waals surface area contributed by atoms with E-state index >= 15 is 0 Å². The third kappa shape index (κ3) is 2.48. The lowest BCUT2D eigenvalue weighted by Gasteiger charge is -2.19. The molecule has 0 amide bonds. The normalized spacial score (nSPS) is 29.4. The Bertz CT molecular complexity index is 694. The molecule has 0 aliphatic heterocycles. The summed E-state index contributed by atoms with van der Waals surface area (Å²) in [6, 6.07) is 2.94. The fraction of sp³-hybridized carbons (Fsp3) is 0.462. The number of aliphatic hydroxyl groups is 3. The van der Waals surface area contributed by atoms with E-state index in [1.54, 1.807) is 16.7 Å². The number of halogens is 3. The molecular formula is C13H13BrCl2N2O3. The summed E-state index contributed by atoms with van der Waals surface area (Å²) in [6.45, 7) is -0.175. The zero-order chi connectivity index (χ0) is 15.3. The van der Waals surface area contributed by atoms with Gasteiger partial charge in [-0.05, 0) is 34.5 Å². The van der Waals surface area contributed by atoms with E-state index in [1.807, 2.05) is 0 Å². The van der Waals surface area contributed by atoms with Gasteiger partial charge in [-0.1, -0.05) is 23.2 Å². The molecule has 0 saturated heterocycles. The summed E-state index contributed by atoms with van der Waals surface area (Å²) < 4.78 is 2.30. The van der Waals surface area contributed by atoms with Gasteiger partial charge in [-0.15, -0.1) is 0 Å². The molecular weight excluding hydrogens is 383 g/mol. The van der Waals surface area contributed by atoms with Crippen molar-refractivity contribution < 1.29 is 15.3 Å². The third-order valence-electron chi connectivity index (χ3n) is 4.03. The minimum absolute atomic E-state index is 0.175. The predicted molar refractivity (Wildman–Crippen MR) is 83.7 cm³/mol. The quantitative estimate of drug-likeness (QED) is 0.729. The molecule has 0 bridgehead atoms. The summed E-state index contributed by atoms with van der Waals surface area (Å²) in [7, 11) is 0. The Morgan fingerprint density at radius 1 is 1.24 bits per heavy atom. The summed E-state index contributed by atoms with van der Waals surface area (Å²) in [6.07, 6.45) is -1.50. The van der Waals surface area contributed by atoms with Crippen molar-refractivity contribution in [2.24, 2.45) is 5.92 Å². The van der Waals surface area contributed by atoms with Crippen molar-refractivity contribution >= 4 is 50.2 Å². The van der Waals surface area contributed by atoms with Crippen LogP contribution < -0.4 is 0 Å². The molecule has 1 aromatic heterocycles. The van der Waals surface area contributed by atoms with Gasteiger partial charge in [-0.25, -0.2) is 4.98 Å². The average molecular weight is 396 g/mol. The van der Waals surface area contributed by atoms with Crippen LogP contribution >= 0.6 is 39.1 Å². The van der Waals surface area contributed by atoms with Gasteiger partial charge < -0.3 is 19.9 Å². The highest BCUT2D eigenvalue weighted by Crippen LogP contribution is 2.40. The van der Waals surface area contributed by atoms with Crippen molar-refractivity contribution in [3.05, 3.63) is 26.9 Å². The van der Waals surface area contributed by atoms with E-state index < -0.39 is 18.2 Å². The second-order valence-electron chi connectivity index (χ2n) is 5.23. The van der Waals surface area contributed by atoms with Crippen molar-refractivity contribution in [1.82, 2.24) is 9.55 Å². The van der Waals surface area contributed by atoms with E-state index in [9.17, 15) is 15.3 Å². The summed E-state index contributed by atoms with van der Waals surface area (Å²) in [5, 5.41) is 30.3. The van der Waals surface area contributed by atoms with Crippen molar-refractivity contribution in [1.29, 1.82) is 0 Å². The molecule has 0 spiro atoms. The van der Waals surface area contributed by atoms with Gasteiger partial charge in [-0.2, -0.15) is 0 Å². The Balaban J connectivity index is 2.12. The number of hydrogen-bond donors (Lipinski definition) is 3. The minimum atomic E-state index is -0.981. The first-order valence-corrected chi connectivity index (χ1v) is 7.98. The summed E-state index contributed by atoms with van der Waals surface area (Å²) in [4.78, 5) is 4.35. The second kappa shape index (κ2) is 5.68. The monoisotopic (exact) mass is 394 g/mol. The summed E-state index contributed by atoms with van der Waals surface area (Å²) in [5.74, 6) is -0.364. The van der Waals surface area contributed by atoms with Crippen molar-refractivity contribution in [2.75, 3.05) is 6.61 Å². The number of fused-ring (bicyclic) bond motifs is 1. The smallest absolute Gasteiger partial charge is 0.178 e. The van der Waals surface area contributed by atoms with Crippen molar-refractivity contribution in [3.8, 4) is 0 Å². The van der Waals surface area contributed by atoms with Gasteiger partial charge in [0.2, 0.25) is 0 Å². The molecule has 1 saturated carbocycles. The predicted octanol–water partition coefficient (Wildman–Crippen LogP) is 2.38. The molecule has 0 radical (unpaired) electrons. The van der Waals surface area contributed by atoms with Gasteiger partial charge in [-0.3, -0.25) is 0 Å². The molecule has 4 unspecified atom stereocenters. The van der Waals surface area contributed by atoms with Gasteiger partial charge in [0.25, 0.3) is 0 Å². The van der Waals surface area contributed by atoms with Crippen LogP contribution in [0.3, 0.4) is 0 Å². The maximum atomic E-state index is 10.2. The molecule has 1 aromatic carbocycles. The molecule has 1 heterocycles. The van der Waals surface area contributed by atoms with E-state index in [2.05, 4.69) is 20.9 Å². The number of nitrogens with zero attached hydrogens (tertiary/aromatic N) is 2. The second-order valence-corrected chi connectivity index (χ2v) is 6.76. The SMILES string of the molecule is OCC1CC(n2c(Br)nc3cc(Cl)c(Cl)cc32)C(O)C1O. The Hall–Kier alpha value is -0.370. The van der Waals surface area contributed by atoms with E-state index in [4.69, 9.17) is 23.2 Å². The van der Waals surface area contributed by atoms with Crippen molar-refractivity contribution in [2.45, 2.75) is 24.7 Å². The van der Waals surface area contributed by atoms with E-state index in [1.165, 1.54) is 0 Å². The number of aliphatic hydroxyl groups excluding tert-OH is 3. The molecule has 1 fully saturated rings. The Morgan fingerprint density at radius 3 is 2.52 bits per heavy atom. The highest BCUT2D eigenvalue weighted by atomic mass is 79.9. The standard InChI is InChI=1S/C13H13BrCl2N2O3/c14-13-17-8-2-6(15)7(16)3-9(8)18(13)10-1-5(4-19)11(20)12(10)21/h2-3,5,10-12,19-21H,1,4H2. The molecule has 2 aromatic rings.